The van der Waals surface area contributed by atoms with Gasteiger partial charge in [-0.1, -0.05) is 55.3 Å². The van der Waals surface area contributed by atoms with Gasteiger partial charge in [-0.2, -0.15) is 4.31 Å². The molecule has 3 unspecified atom stereocenters. The Balaban J connectivity index is 1.78. The molecular weight excluding hydrogens is 427 g/mol. The van der Waals surface area contributed by atoms with Gasteiger partial charge >= 0.3 is 0 Å². The van der Waals surface area contributed by atoms with Crippen molar-refractivity contribution in [3.05, 3.63) is 69.7 Å². The zero-order valence-corrected chi connectivity index (χ0v) is 18.7. The summed E-state index contributed by atoms with van der Waals surface area (Å²) in [5.41, 5.74) is 2.84. The van der Waals surface area contributed by atoms with Gasteiger partial charge in [-0.3, -0.25) is 0 Å². The summed E-state index contributed by atoms with van der Waals surface area (Å²) >= 11 is 13.0. The predicted octanol–water partition coefficient (Wildman–Crippen LogP) is 5.85. The minimum absolute atomic E-state index is 0.0334. The lowest BCUT2D eigenvalue weighted by Gasteiger charge is -2.38. The van der Waals surface area contributed by atoms with E-state index in [1.807, 2.05) is 44.2 Å². The van der Waals surface area contributed by atoms with Crippen molar-refractivity contribution in [1.82, 2.24) is 4.31 Å². The number of hydrogen-bond donors (Lipinski definition) is 1. The average molecular weight is 451 g/mol. The lowest BCUT2D eigenvalue weighted by molar-refractivity contribution is 0.424. The first-order valence-corrected chi connectivity index (χ1v) is 12.1. The van der Waals surface area contributed by atoms with E-state index in [2.05, 4.69) is 17.5 Å². The summed E-state index contributed by atoms with van der Waals surface area (Å²) < 4.78 is 27.5. The molecule has 0 aromatic heterocycles. The van der Waals surface area contributed by atoms with E-state index < -0.39 is 10.0 Å². The zero-order chi connectivity index (χ0) is 20.8. The van der Waals surface area contributed by atoms with Crippen LogP contribution in [0.2, 0.25) is 10.0 Å². The molecule has 29 heavy (non-hydrogen) atoms. The topological polar surface area (TPSA) is 49.4 Å². The number of sulfonamides is 1. The number of benzene rings is 2. The first-order chi connectivity index (χ1) is 13.9. The summed E-state index contributed by atoms with van der Waals surface area (Å²) in [6.45, 7) is 4.61. The monoisotopic (exact) mass is 450 g/mol. The van der Waals surface area contributed by atoms with E-state index in [0.29, 0.717) is 28.0 Å². The second kappa shape index (κ2) is 7.95. The highest BCUT2D eigenvalue weighted by Crippen LogP contribution is 2.52. The van der Waals surface area contributed by atoms with Crippen LogP contribution in [-0.2, 0) is 10.0 Å². The maximum Gasteiger partial charge on any atom is 0.243 e. The molecule has 0 fully saturated rings. The molecule has 1 aliphatic heterocycles. The highest BCUT2D eigenvalue weighted by Gasteiger charge is 2.40. The Kier molecular flexibility index (Phi) is 5.68. The van der Waals surface area contributed by atoms with Crippen molar-refractivity contribution in [1.29, 1.82) is 0 Å². The minimum Gasteiger partial charge on any atom is -0.378 e. The van der Waals surface area contributed by atoms with E-state index in [1.54, 1.807) is 6.07 Å². The maximum atomic E-state index is 13.0. The molecular formula is C22H24Cl2N2O2S. The van der Waals surface area contributed by atoms with Gasteiger partial charge in [-0.15, -0.1) is 0 Å². The molecule has 7 heteroatoms. The van der Waals surface area contributed by atoms with Crippen LogP contribution in [0.5, 0.6) is 0 Å². The standard InChI is InChI=1S/C22H24Cl2N2O2S/c1-3-26(4-2)29(27,28)14-11-12-20-17(13-14)15-7-5-8-16(15)22(25-20)21-18(23)9-6-10-19(21)24/h5-7,9-13,15-16,22,25H,3-4,8H2,1-2H3. The van der Waals surface area contributed by atoms with E-state index in [-0.39, 0.29) is 17.9 Å². The summed E-state index contributed by atoms with van der Waals surface area (Å²) in [6, 6.07) is 10.9. The Morgan fingerprint density at radius 2 is 1.79 bits per heavy atom. The molecule has 0 spiro atoms. The van der Waals surface area contributed by atoms with Crippen molar-refractivity contribution >= 4 is 38.9 Å². The van der Waals surface area contributed by atoms with E-state index in [9.17, 15) is 8.42 Å². The van der Waals surface area contributed by atoms with Crippen LogP contribution in [0.25, 0.3) is 0 Å². The normalized spacial score (nSPS) is 23.0. The predicted molar refractivity (Wildman–Crippen MR) is 119 cm³/mol. The Morgan fingerprint density at radius 1 is 1.10 bits per heavy atom. The molecule has 3 atom stereocenters. The molecule has 0 saturated carbocycles. The Hall–Kier alpha value is -1.53. The molecule has 0 radical (unpaired) electrons. The molecule has 154 valence electrons. The number of hydrogen-bond acceptors (Lipinski definition) is 3. The summed E-state index contributed by atoms with van der Waals surface area (Å²) in [5, 5.41) is 4.87. The third-order valence-electron chi connectivity index (χ3n) is 5.99. The average Bonchev–Trinajstić information content (AvgIpc) is 3.18. The maximum absolute atomic E-state index is 13.0. The fourth-order valence-corrected chi connectivity index (χ4v) is 6.67. The van der Waals surface area contributed by atoms with E-state index in [4.69, 9.17) is 23.2 Å². The van der Waals surface area contributed by atoms with Gasteiger partial charge in [0, 0.05) is 40.3 Å². The number of rotatable bonds is 5. The van der Waals surface area contributed by atoms with E-state index in [0.717, 1.165) is 23.2 Å². The first-order valence-electron chi connectivity index (χ1n) is 9.89. The van der Waals surface area contributed by atoms with Gasteiger partial charge in [0.05, 0.1) is 10.9 Å². The quantitative estimate of drug-likeness (QED) is 0.580. The number of nitrogens with zero attached hydrogens (tertiary/aromatic N) is 1. The second-order valence-corrected chi connectivity index (χ2v) is 10.2. The van der Waals surface area contributed by atoms with Crippen molar-refractivity contribution in [2.24, 2.45) is 5.92 Å². The fraction of sp³-hybridized carbons (Fsp3) is 0.364. The van der Waals surface area contributed by atoms with Gasteiger partial charge in [-0.25, -0.2) is 8.42 Å². The molecule has 1 aliphatic carbocycles. The van der Waals surface area contributed by atoms with Gasteiger partial charge in [0.1, 0.15) is 0 Å². The summed E-state index contributed by atoms with van der Waals surface area (Å²) in [5.74, 6) is 0.349. The molecule has 4 rings (SSSR count). The highest BCUT2D eigenvalue weighted by molar-refractivity contribution is 7.89. The van der Waals surface area contributed by atoms with Crippen molar-refractivity contribution in [3.8, 4) is 0 Å². The fourth-order valence-electron chi connectivity index (χ4n) is 4.54. The number of nitrogens with one attached hydrogen (secondary N) is 1. The number of allylic oxidation sites excluding steroid dienone is 2. The van der Waals surface area contributed by atoms with Crippen LogP contribution >= 0.6 is 23.2 Å². The number of fused-ring (bicyclic) bond motifs is 3. The molecule has 1 N–H and O–H groups in total. The van der Waals surface area contributed by atoms with E-state index >= 15 is 0 Å². The summed E-state index contributed by atoms with van der Waals surface area (Å²) in [6.07, 6.45) is 5.22. The number of anilines is 1. The second-order valence-electron chi connectivity index (χ2n) is 7.45. The van der Waals surface area contributed by atoms with Gasteiger partial charge in [0.2, 0.25) is 10.0 Å². The van der Waals surface area contributed by atoms with E-state index in [1.165, 1.54) is 4.31 Å². The van der Waals surface area contributed by atoms with Crippen LogP contribution < -0.4 is 5.32 Å². The van der Waals surface area contributed by atoms with Crippen LogP contribution in [0, 0.1) is 5.92 Å². The highest BCUT2D eigenvalue weighted by atomic mass is 35.5. The zero-order valence-electron chi connectivity index (χ0n) is 16.4. The van der Waals surface area contributed by atoms with Crippen molar-refractivity contribution in [2.75, 3.05) is 18.4 Å². The molecule has 4 nitrogen and oxygen atoms in total. The van der Waals surface area contributed by atoms with Gasteiger partial charge in [-0.05, 0) is 48.2 Å². The largest absolute Gasteiger partial charge is 0.378 e. The molecule has 2 aromatic rings. The third kappa shape index (κ3) is 3.48. The summed E-state index contributed by atoms with van der Waals surface area (Å²) in [4.78, 5) is 0.343. The van der Waals surface area contributed by atoms with Gasteiger partial charge in [0.25, 0.3) is 0 Å². The first kappa shape index (κ1) is 20.7. The molecule has 2 aromatic carbocycles. The summed E-state index contributed by atoms with van der Waals surface area (Å²) in [7, 11) is -3.50. The molecule has 2 aliphatic rings. The third-order valence-corrected chi connectivity index (χ3v) is 8.69. The van der Waals surface area contributed by atoms with Crippen molar-refractivity contribution in [2.45, 2.75) is 37.1 Å². The van der Waals surface area contributed by atoms with Crippen molar-refractivity contribution < 1.29 is 8.42 Å². The van der Waals surface area contributed by atoms with Crippen LogP contribution in [0.15, 0.2) is 53.4 Å². The van der Waals surface area contributed by atoms with Crippen molar-refractivity contribution in [3.63, 3.8) is 0 Å². The molecule has 1 heterocycles. The molecule has 0 saturated heterocycles. The van der Waals surface area contributed by atoms with Gasteiger partial charge < -0.3 is 5.32 Å². The Bertz CT molecular complexity index is 1040. The lowest BCUT2D eigenvalue weighted by atomic mass is 9.77. The Morgan fingerprint density at radius 3 is 2.45 bits per heavy atom. The van der Waals surface area contributed by atoms with Crippen LogP contribution in [0.1, 0.15) is 43.4 Å². The smallest absolute Gasteiger partial charge is 0.243 e. The van der Waals surface area contributed by atoms with Crippen LogP contribution in [-0.4, -0.2) is 25.8 Å². The molecule has 0 amide bonds. The SMILES string of the molecule is CCN(CC)S(=O)(=O)c1ccc2c(c1)C1C=CCC1C(c1c(Cl)cccc1Cl)N2. The lowest BCUT2D eigenvalue weighted by Crippen LogP contribution is -2.32. The van der Waals surface area contributed by atoms with Gasteiger partial charge in [0.15, 0.2) is 0 Å². The number of halogens is 2. The van der Waals surface area contributed by atoms with Crippen LogP contribution in [0.3, 0.4) is 0 Å². The minimum atomic E-state index is -3.50. The Labute approximate surface area is 182 Å². The van der Waals surface area contributed by atoms with Crippen LogP contribution in [0.4, 0.5) is 5.69 Å². The molecule has 0 bridgehead atoms.